The highest BCUT2D eigenvalue weighted by atomic mass is 35.5. The standard InChI is InChI=1S/C12H17Cl2N3/c1-2-8-5-3-4-6-9(8)15-10-7-11(13)16-17-12(10)14/h7-9H,2-6H2,1H3,(H,15,16). The summed E-state index contributed by atoms with van der Waals surface area (Å²) in [4.78, 5) is 0. The Morgan fingerprint density at radius 3 is 2.82 bits per heavy atom. The molecule has 3 nitrogen and oxygen atoms in total. The van der Waals surface area contributed by atoms with Crippen LogP contribution >= 0.6 is 23.2 Å². The summed E-state index contributed by atoms with van der Waals surface area (Å²) in [5.41, 5.74) is 0.803. The fraction of sp³-hybridized carbons (Fsp3) is 0.667. The van der Waals surface area contributed by atoms with Gasteiger partial charge in [-0.3, -0.25) is 0 Å². The van der Waals surface area contributed by atoms with Crippen LogP contribution in [0.15, 0.2) is 6.07 Å². The van der Waals surface area contributed by atoms with Gasteiger partial charge in [0.05, 0.1) is 5.69 Å². The third-order valence-corrected chi connectivity index (χ3v) is 3.96. The molecule has 1 aliphatic carbocycles. The summed E-state index contributed by atoms with van der Waals surface area (Å²) in [6.45, 7) is 2.24. The summed E-state index contributed by atoms with van der Waals surface area (Å²) in [5.74, 6) is 0.715. The minimum Gasteiger partial charge on any atom is -0.379 e. The Bertz CT molecular complexity index is 384. The van der Waals surface area contributed by atoms with E-state index in [4.69, 9.17) is 23.2 Å². The molecule has 17 heavy (non-hydrogen) atoms. The Labute approximate surface area is 112 Å². The second-order valence-electron chi connectivity index (χ2n) is 4.58. The molecule has 5 heteroatoms. The molecule has 0 aliphatic heterocycles. The molecule has 1 fully saturated rings. The van der Waals surface area contributed by atoms with Crippen molar-refractivity contribution in [3.8, 4) is 0 Å². The highest BCUT2D eigenvalue weighted by Crippen LogP contribution is 2.31. The first-order chi connectivity index (χ1) is 8.20. The van der Waals surface area contributed by atoms with E-state index in [1.54, 1.807) is 6.07 Å². The predicted octanol–water partition coefficient (Wildman–Crippen LogP) is 4.16. The number of aromatic nitrogens is 2. The molecule has 94 valence electrons. The Morgan fingerprint density at radius 1 is 1.29 bits per heavy atom. The van der Waals surface area contributed by atoms with Crippen molar-refractivity contribution in [3.05, 3.63) is 16.4 Å². The number of rotatable bonds is 3. The van der Waals surface area contributed by atoms with Gasteiger partial charge in [0.15, 0.2) is 10.3 Å². The molecule has 0 amide bonds. The maximum atomic E-state index is 6.01. The normalized spacial score (nSPS) is 24.6. The summed E-state index contributed by atoms with van der Waals surface area (Å²) in [7, 11) is 0. The van der Waals surface area contributed by atoms with Crippen molar-refractivity contribution in [2.75, 3.05) is 5.32 Å². The van der Waals surface area contributed by atoms with Crippen LogP contribution in [0.25, 0.3) is 0 Å². The van der Waals surface area contributed by atoms with Gasteiger partial charge in [-0.25, -0.2) is 0 Å². The third kappa shape index (κ3) is 3.23. The second-order valence-corrected chi connectivity index (χ2v) is 5.32. The molecule has 2 unspecified atom stereocenters. The van der Waals surface area contributed by atoms with Crippen LogP contribution in [0.5, 0.6) is 0 Å². The third-order valence-electron chi connectivity index (χ3n) is 3.49. The highest BCUT2D eigenvalue weighted by molar-refractivity contribution is 6.33. The van der Waals surface area contributed by atoms with E-state index >= 15 is 0 Å². The van der Waals surface area contributed by atoms with Gasteiger partial charge in [-0.05, 0) is 18.8 Å². The quantitative estimate of drug-likeness (QED) is 0.899. The van der Waals surface area contributed by atoms with Gasteiger partial charge in [0.25, 0.3) is 0 Å². The lowest BCUT2D eigenvalue weighted by Gasteiger charge is -2.32. The zero-order chi connectivity index (χ0) is 12.3. The summed E-state index contributed by atoms with van der Waals surface area (Å²) < 4.78 is 0. The van der Waals surface area contributed by atoms with Crippen LogP contribution in [0.2, 0.25) is 10.3 Å². The zero-order valence-corrected chi connectivity index (χ0v) is 11.4. The first kappa shape index (κ1) is 12.9. The van der Waals surface area contributed by atoms with Gasteiger partial charge in [0, 0.05) is 12.1 Å². The van der Waals surface area contributed by atoms with E-state index in [-0.39, 0.29) is 0 Å². The van der Waals surface area contributed by atoms with E-state index in [2.05, 4.69) is 22.4 Å². The van der Waals surface area contributed by atoms with Crippen molar-refractivity contribution in [1.82, 2.24) is 10.2 Å². The molecule has 2 rings (SSSR count). The van der Waals surface area contributed by atoms with Crippen LogP contribution in [-0.4, -0.2) is 16.2 Å². The smallest absolute Gasteiger partial charge is 0.174 e. The average Bonchev–Trinajstić information content (AvgIpc) is 2.34. The molecule has 2 atom stereocenters. The fourth-order valence-corrected chi connectivity index (χ4v) is 2.83. The van der Waals surface area contributed by atoms with Crippen molar-refractivity contribution in [2.24, 2.45) is 5.92 Å². The second kappa shape index (κ2) is 5.87. The number of hydrogen-bond donors (Lipinski definition) is 1. The van der Waals surface area contributed by atoms with Crippen LogP contribution in [-0.2, 0) is 0 Å². The summed E-state index contributed by atoms with van der Waals surface area (Å²) >= 11 is 11.8. The van der Waals surface area contributed by atoms with Crippen molar-refractivity contribution >= 4 is 28.9 Å². The van der Waals surface area contributed by atoms with E-state index in [0.29, 0.717) is 22.3 Å². The van der Waals surface area contributed by atoms with E-state index < -0.39 is 0 Å². The summed E-state index contributed by atoms with van der Waals surface area (Å²) in [6, 6.07) is 2.23. The van der Waals surface area contributed by atoms with Gasteiger partial charge in [0.1, 0.15) is 0 Å². The lowest BCUT2D eigenvalue weighted by molar-refractivity contribution is 0.317. The molecule has 0 aromatic carbocycles. The van der Waals surface area contributed by atoms with E-state index in [9.17, 15) is 0 Å². The van der Waals surface area contributed by atoms with Gasteiger partial charge < -0.3 is 5.32 Å². The number of nitrogens with zero attached hydrogens (tertiary/aromatic N) is 2. The van der Waals surface area contributed by atoms with E-state index in [0.717, 1.165) is 5.69 Å². The Hall–Kier alpha value is -0.540. The van der Waals surface area contributed by atoms with Crippen LogP contribution in [0.4, 0.5) is 5.69 Å². The summed E-state index contributed by atoms with van der Waals surface area (Å²) in [6.07, 6.45) is 6.28. The molecule has 0 bridgehead atoms. The van der Waals surface area contributed by atoms with Crippen molar-refractivity contribution < 1.29 is 0 Å². The van der Waals surface area contributed by atoms with Crippen molar-refractivity contribution in [3.63, 3.8) is 0 Å². The van der Waals surface area contributed by atoms with Crippen LogP contribution < -0.4 is 5.32 Å². The first-order valence-electron chi connectivity index (χ1n) is 6.16. The van der Waals surface area contributed by atoms with Crippen LogP contribution in [0, 0.1) is 5.92 Å². The van der Waals surface area contributed by atoms with Crippen LogP contribution in [0.1, 0.15) is 39.0 Å². The topological polar surface area (TPSA) is 37.8 Å². The van der Waals surface area contributed by atoms with Gasteiger partial charge in [0.2, 0.25) is 0 Å². The number of hydrogen-bond acceptors (Lipinski definition) is 3. The van der Waals surface area contributed by atoms with Gasteiger partial charge >= 0.3 is 0 Å². The minimum atomic E-state index is 0.376. The maximum Gasteiger partial charge on any atom is 0.174 e. The molecule has 1 N–H and O–H groups in total. The fourth-order valence-electron chi connectivity index (χ4n) is 2.54. The SMILES string of the molecule is CCC1CCCCC1Nc1cc(Cl)nnc1Cl. The lowest BCUT2D eigenvalue weighted by Crippen LogP contribution is -2.32. The highest BCUT2D eigenvalue weighted by Gasteiger charge is 2.24. The summed E-state index contributed by atoms with van der Waals surface area (Å²) in [5, 5.41) is 11.8. The molecular formula is C12H17Cl2N3. The Kier molecular flexibility index (Phi) is 4.46. The van der Waals surface area contributed by atoms with Gasteiger partial charge in [-0.15, -0.1) is 10.2 Å². The molecule has 0 spiro atoms. The van der Waals surface area contributed by atoms with Crippen LogP contribution in [0.3, 0.4) is 0 Å². The monoisotopic (exact) mass is 273 g/mol. The van der Waals surface area contributed by atoms with Gasteiger partial charge in [-0.2, -0.15) is 0 Å². The molecule has 0 saturated heterocycles. The molecule has 1 aromatic heterocycles. The zero-order valence-electron chi connectivity index (χ0n) is 9.92. The van der Waals surface area contributed by atoms with Gasteiger partial charge in [-0.1, -0.05) is 49.4 Å². The lowest BCUT2D eigenvalue weighted by atomic mass is 9.83. The predicted molar refractivity (Wildman–Crippen MR) is 71.7 cm³/mol. The van der Waals surface area contributed by atoms with E-state index in [1.165, 1.54) is 32.1 Å². The maximum absolute atomic E-state index is 6.01. The van der Waals surface area contributed by atoms with Crippen molar-refractivity contribution in [2.45, 2.75) is 45.1 Å². The minimum absolute atomic E-state index is 0.376. The molecular weight excluding hydrogens is 257 g/mol. The Balaban J connectivity index is 2.10. The van der Waals surface area contributed by atoms with E-state index in [1.807, 2.05) is 0 Å². The number of halogens is 2. The first-order valence-corrected chi connectivity index (χ1v) is 6.91. The number of nitrogens with one attached hydrogen (secondary N) is 1. The molecule has 1 aliphatic rings. The Morgan fingerprint density at radius 2 is 2.06 bits per heavy atom. The average molecular weight is 274 g/mol. The molecule has 1 heterocycles. The molecule has 1 saturated carbocycles. The molecule has 0 radical (unpaired) electrons. The number of anilines is 1. The largest absolute Gasteiger partial charge is 0.379 e. The van der Waals surface area contributed by atoms with Crippen molar-refractivity contribution in [1.29, 1.82) is 0 Å². The molecule has 1 aromatic rings.